The van der Waals surface area contributed by atoms with Crippen LogP contribution in [0.25, 0.3) is 0 Å². The van der Waals surface area contributed by atoms with Crippen molar-refractivity contribution in [1.82, 2.24) is 30.7 Å². The quantitative estimate of drug-likeness (QED) is 0.160. The van der Waals surface area contributed by atoms with E-state index in [2.05, 4.69) is 20.9 Å². The van der Waals surface area contributed by atoms with Gasteiger partial charge in [-0.05, 0) is 24.6 Å². The van der Waals surface area contributed by atoms with Crippen molar-refractivity contribution in [3.63, 3.8) is 0 Å². The van der Waals surface area contributed by atoms with Gasteiger partial charge in [0.1, 0.15) is 11.4 Å². The van der Waals surface area contributed by atoms with Gasteiger partial charge in [0.15, 0.2) is 6.04 Å². The number of pyridine rings is 1. The smallest absolute Gasteiger partial charge is 0.329 e. The number of carbonyl (C=O) groups is 4. The lowest BCUT2D eigenvalue weighted by molar-refractivity contribution is -0.167. The van der Waals surface area contributed by atoms with Gasteiger partial charge in [0.2, 0.25) is 11.8 Å². The van der Waals surface area contributed by atoms with Crippen molar-refractivity contribution < 1.29 is 24.3 Å². The van der Waals surface area contributed by atoms with Crippen molar-refractivity contribution in [3.05, 3.63) is 65.5 Å². The molecule has 2 aliphatic rings. The molecule has 1 aromatic heterocycles. The molecule has 7 N–H and O–H groups in total. The minimum absolute atomic E-state index is 0.0270. The maximum Gasteiger partial charge on any atom is 0.329 e. The summed E-state index contributed by atoms with van der Waals surface area (Å²) < 4.78 is 0. The third kappa shape index (κ3) is 5.38. The highest BCUT2D eigenvalue weighted by Gasteiger charge is 2.59. The molecular formula is C27H34N8O5. The highest BCUT2D eigenvalue weighted by Crippen LogP contribution is 2.41. The molecule has 0 spiro atoms. The Morgan fingerprint density at radius 2 is 1.75 bits per heavy atom. The highest BCUT2D eigenvalue weighted by molar-refractivity contribution is 5.98. The van der Waals surface area contributed by atoms with Crippen LogP contribution < -0.4 is 21.7 Å². The zero-order chi connectivity index (χ0) is 28.9. The molecule has 0 aliphatic carbocycles. The largest absolute Gasteiger partial charge is 0.480 e. The van der Waals surface area contributed by atoms with Gasteiger partial charge in [-0.2, -0.15) is 0 Å². The molecule has 0 radical (unpaired) electrons. The number of benzene rings is 1. The molecule has 2 fully saturated rings. The van der Waals surface area contributed by atoms with Crippen molar-refractivity contribution in [2.75, 3.05) is 39.3 Å². The molecule has 13 nitrogen and oxygen atoms in total. The average Bonchev–Trinajstić information content (AvgIpc) is 2.96. The third-order valence-corrected chi connectivity index (χ3v) is 7.45. The van der Waals surface area contributed by atoms with Crippen LogP contribution in [0.4, 0.5) is 0 Å². The Hall–Kier alpha value is -4.36. The molecule has 0 saturated carbocycles. The maximum atomic E-state index is 13.6. The molecule has 40 heavy (non-hydrogen) atoms. The molecular weight excluding hydrogens is 516 g/mol. The van der Waals surface area contributed by atoms with E-state index in [-0.39, 0.29) is 49.9 Å². The number of rotatable bonds is 10. The van der Waals surface area contributed by atoms with E-state index in [0.29, 0.717) is 24.2 Å². The lowest BCUT2D eigenvalue weighted by Crippen LogP contribution is -2.75. The lowest BCUT2D eigenvalue weighted by Gasteiger charge is -2.55. The summed E-state index contributed by atoms with van der Waals surface area (Å²) >= 11 is 0. The number of aliphatic carboxylic acids is 1. The number of carboxylic acid groups (broad SMARTS) is 1. The molecule has 1 aromatic carbocycles. The van der Waals surface area contributed by atoms with Gasteiger partial charge in [0.25, 0.3) is 5.91 Å². The summed E-state index contributed by atoms with van der Waals surface area (Å²) in [6, 6.07) is 6.99. The Bertz CT molecular complexity index is 1270. The zero-order valence-electron chi connectivity index (χ0n) is 22.2. The Morgan fingerprint density at radius 1 is 1.10 bits per heavy atom. The molecule has 3 unspecified atom stereocenters. The molecule has 212 valence electrons. The van der Waals surface area contributed by atoms with Gasteiger partial charge in [-0.3, -0.25) is 24.8 Å². The predicted octanol–water partition coefficient (Wildman–Crippen LogP) is -0.914. The predicted molar refractivity (Wildman–Crippen MR) is 146 cm³/mol. The number of piperazine rings is 2. The number of nitrogens with zero attached hydrogens (tertiary/aromatic N) is 3. The first-order valence-corrected chi connectivity index (χ1v) is 13.1. The van der Waals surface area contributed by atoms with E-state index in [9.17, 15) is 24.3 Å². The van der Waals surface area contributed by atoms with Crippen LogP contribution in [-0.4, -0.2) is 101 Å². The van der Waals surface area contributed by atoms with Crippen LogP contribution in [0, 0.1) is 5.41 Å². The Balaban J connectivity index is 1.92. The standard InChI is InChI=1S/C27H34N8O5/c1-2-20(33-25(38)18-7-5-17(6-8-18)24(28)29)27(19-4-3-9-30-14-19,35-13-11-32-16-22(35)37)23(26(39)40)34-12-10-31-15-21(34)36/h3-9,14,20,23,31-32H,2,10-13,15-16H2,1H3,(H3,28,29)(H,33,38)(H,39,40). The van der Waals surface area contributed by atoms with Gasteiger partial charge in [0, 0.05) is 55.3 Å². The van der Waals surface area contributed by atoms with Crippen LogP contribution in [0.2, 0.25) is 0 Å². The number of aromatic nitrogens is 1. The van der Waals surface area contributed by atoms with E-state index in [0.717, 1.165) is 0 Å². The molecule has 0 bridgehead atoms. The van der Waals surface area contributed by atoms with Crippen molar-refractivity contribution in [1.29, 1.82) is 5.41 Å². The molecule has 3 amide bonds. The number of hydrogen-bond acceptors (Lipinski definition) is 8. The number of hydrogen-bond donors (Lipinski definition) is 6. The fraction of sp³-hybridized carbons (Fsp3) is 0.407. The minimum Gasteiger partial charge on any atom is -0.480 e. The second-order valence-electron chi connectivity index (χ2n) is 9.72. The summed E-state index contributed by atoms with van der Waals surface area (Å²) in [5, 5.41) is 27.4. The molecule has 2 aromatic rings. The SMILES string of the molecule is CCC(NC(=O)c1ccc(C(=N)N)cc1)C(c1cccnc1)(C(C(=O)O)N1CCNCC1=O)N1CCNCC1=O. The van der Waals surface area contributed by atoms with E-state index in [1.807, 2.05) is 0 Å². The molecule has 3 heterocycles. The maximum absolute atomic E-state index is 13.6. The van der Waals surface area contributed by atoms with Gasteiger partial charge < -0.3 is 36.6 Å². The topological polar surface area (TPSA) is 194 Å². The summed E-state index contributed by atoms with van der Waals surface area (Å²) in [5.41, 5.74) is 4.95. The van der Waals surface area contributed by atoms with Crippen molar-refractivity contribution in [2.24, 2.45) is 5.73 Å². The van der Waals surface area contributed by atoms with Crippen LogP contribution in [0.3, 0.4) is 0 Å². The van der Waals surface area contributed by atoms with Crippen LogP contribution in [0.15, 0.2) is 48.8 Å². The minimum atomic E-state index is -1.70. The second kappa shape index (κ2) is 12.2. The molecule has 4 rings (SSSR count). The van der Waals surface area contributed by atoms with Gasteiger partial charge in [-0.15, -0.1) is 0 Å². The van der Waals surface area contributed by atoms with Crippen molar-refractivity contribution >= 4 is 29.5 Å². The Labute approximate surface area is 231 Å². The fourth-order valence-electron chi connectivity index (χ4n) is 5.66. The number of amidine groups is 1. The summed E-state index contributed by atoms with van der Waals surface area (Å²) in [5.74, 6) is -2.73. The van der Waals surface area contributed by atoms with Crippen molar-refractivity contribution in [2.45, 2.75) is 31.0 Å². The number of carboxylic acids is 1. The molecule has 2 saturated heterocycles. The van der Waals surface area contributed by atoms with E-state index in [1.165, 1.54) is 34.3 Å². The third-order valence-electron chi connectivity index (χ3n) is 7.45. The van der Waals surface area contributed by atoms with E-state index < -0.39 is 35.4 Å². The van der Waals surface area contributed by atoms with Gasteiger partial charge >= 0.3 is 5.97 Å². The summed E-state index contributed by atoms with van der Waals surface area (Å²) in [4.78, 5) is 60.6. The van der Waals surface area contributed by atoms with Gasteiger partial charge in [0.05, 0.1) is 19.1 Å². The van der Waals surface area contributed by atoms with Crippen LogP contribution in [-0.2, 0) is 19.9 Å². The normalized spacial score (nSPS) is 18.9. The first kappa shape index (κ1) is 28.6. The molecule has 13 heteroatoms. The number of amides is 3. The number of nitrogens with two attached hydrogens (primary N) is 1. The summed E-state index contributed by atoms with van der Waals surface area (Å²) in [7, 11) is 0. The Morgan fingerprint density at radius 3 is 2.30 bits per heavy atom. The van der Waals surface area contributed by atoms with E-state index >= 15 is 0 Å². The average molecular weight is 551 g/mol. The highest BCUT2D eigenvalue weighted by atomic mass is 16.4. The fourth-order valence-corrected chi connectivity index (χ4v) is 5.66. The van der Waals surface area contributed by atoms with E-state index in [1.54, 1.807) is 31.2 Å². The first-order chi connectivity index (χ1) is 19.2. The number of nitrogens with one attached hydrogen (secondary N) is 4. The second-order valence-corrected chi connectivity index (χ2v) is 9.72. The molecule has 2 aliphatic heterocycles. The molecule has 3 atom stereocenters. The first-order valence-electron chi connectivity index (χ1n) is 13.1. The van der Waals surface area contributed by atoms with Crippen LogP contribution in [0.5, 0.6) is 0 Å². The van der Waals surface area contributed by atoms with Crippen LogP contribution in [0.1, 0.15) is 34.8 Å². The van der Waals surface area contributed by atoms with Crippen LogP contribution >= 0.6 is 0 Å². The van der Waals surface area contributed by atoms with Gasteiger partial charge in [-0.1, -0.05) is 25.1 Å². The Kier molecular flexibility index (Phi) is 8.75. The van der Waals surface area contributed by atoms with E-state index in [4.69, 9.17) is 11.1 Å². The zero-order valence-corrected chi connectivity index (χ0v) is 22.2. The van der Waals surface area contributed by atoms with Crippen molar-refractivity contribution in [3.8, 4) is 0 Å². The lowest BCUT2D eigenvalue weighted by atomic mass is 9.72. The number of carbonyl (C=O) groups excluding carboxylic acids is 3. The number of nitrogen functional groups attached to an aromatic ring is 1. The summed E-state index contributed by atoms with van der Waals surface area (Å²) in [6.07, 6.45) is 3.26. The monoisotopic (exact) mass is 550 g/mol. The van der Waals surface area contributed by atoms with Gasteiger partial charge in [-0.25, -0.2) is 4.79 Å². The summed E-state index contributed by atoms with van der Waals surface area (Å²) in [6.45, 7) is 2.74.